The fourth-order valence-electron chi connectivity index (χ4n) is 1.72. The van der Waals surface area contributed by atoms with Crippen LogP contribution in [0.5, 0.6) is 11.5 Å². The van der Waals surface area contributed by atoms with Crippen LogP contribution in [0.1, 0.15) is 11.6 Å². The van der Waals surface area contributed by atoms with Gasteiger partial charge in [0, 0.05) is 5.56 Å². The van der Waals surface area contributed by atoms with Crippen LogP contribution < -0.4 is 14.8 Å². The Hall–Kier alpha value is -1.96. The first-order valence-electron chi connectivity index (χ1n) is 5.92. The molecule has 0 saturated heterocycles. The van der Waals surface area contributed by atoms with Crippen LogP contribution in [0.2, 0.25) is 0 Å². The van der Waals surface area contributed by atoms with E-state index in [2.05, 4.69) is 10.1 Å². The number of esters is 1. The van der Waals surface area contributed by atoms with Crippen molar-refractivity contribution in [1.82, 2.24) is 5.32 Å². The van der Waals surface area contributed by atoms with E-state index in [1.807, 2.05) is 0 Å². The minimum Gasteiger partial charge on any atom is -0.497 e. The molecule has 0 aliphatic rings. The average Bonchev–Trinajstić information content (AvgIpc) is 2.45. The van der Waals surface area contributed by atoms with Gasteiger partial charge in [-0.2, -0.15) is 13.2 Å². The lowest BCUT2D eigenvalue weighted by Crippen LogP contribution is -2.36. The van der Waals surface area contributed by atoms with Gasteiger partial charge >= 0.3 is 12.1 Å². The van der Waals surface area contributed by atoms with Gasteiger partial charge in [-0.3, -0.25) is 5.32 Å². The third-order valence-electron chi connectivity index (χ3n) is 2.69. The zero-order valence-corrected chi connectivity index (χ0v) is 11.8. The van der Waals surface area contributed by atoms with Crippen LogP contribution in [-0.4, -0.2) is 40.0 Å². The maximum Gasteiger partial charge on any atom is 0.401 e. The molecule has 1 atom stereocenters. The molecule has 0 spiro atoms. The highest BCUT2D eigenvalue weighted by Gasteiger charge is 2.32. The fourth-order valence-corrected chi connectivity index (χ4v) is 1.72. The van der Waals surface area contributed by atoms with E-state index in [-0.39, 0.29) is 11.3 Å². The fraction of sp³-hybridized carbons (Fsp3) is 0.462. The summed E-state index contributed by atoms with van der Waals surface area (Å²) >= 11 is 0. The summed E-state index contributed by atoms with van der Waals surface area (Å²) in [5.41, 5.74) is 0.202. The first kappa shape index (κ1) is 17.1. The summed E-state index contributed by atoms with van der Waals surface area (Å²) in [5.74, 6) is -0.222. The lowest BCUT2D eigenvalue weighted by Gasteiger charge is -2.20. The number of ether oxygens (including phenoxy) is 3. The molecule has 1 aromatic rings. The first-order valence-corrected chi connectivity index (χ1v) is 5.92. The Morgan fingerprint density at radius 2 is 1.90 bits per heavy atom. The number of hydrogen-bond acceptors (Lipinski definition) is 5. The van der Waals surface area contributed by atoms with Crippen molar-refractivity contribution in [1.29, 1.82) is 0 Å². The smallest absolute Gasteiger partial charge is 0.401 e. The number of methoxy groups -OCH3 is 3. The molecule has 8 heteroatoms. The van der Waals surface area contributed by atoms with Crippen LogP contribution >= 0.6 is 0 Å². The van der Waals surface area contributed by atoms with Crippen molar-refractivity contribution in [2.45, 2.75) is 12.2 Å². The molecule has 1 unspecified atom stereocenters. The molecule has 21 heavy (non-hydrogen) atoms. The second-order valence-corrected chi connectivity index (χ2v) is 4.06. The second kappa shape index (κ2) is 7.16. The van der Waals surface area contributed by atoms with Crippen molar-refractivity contribution < 1.29 is 32.2 Å². The van der Waals surface area contributed by atoms with E-state index in [1.54, 1.807) is 6.07 Å². The number of alkyl halides is 3. The molecule has 5 nitrogen and oxygen atoms in total. The van der Waals surface area contributed by atoms with Crippen molar-refractivity contribution in [2.75, 3.05) is 27.9 Å². The van der Waals surface area contributed by atoms with Crippen molar-refractivity contribution in [3.05, 3.63) is 23.8 Å². The molecule has 1 rings (SSSR count). The Balaban J connectivity index is 3.15. The number of halogens is 3. The molecular weight excluding hydrogens is 291 g/mol. The zero-order valence-electron chi connectivity index (χ0n) is 11.8. The van der Waals surface area contributed by atoms with E-state index in [4.69, 9.17) is 9.47 Å². The molecule has 0 aliphatic carbocycles. The molecule has 0 heterocycles. The van der Waals surface area contributed by atoms with Crippen molar-refractivity contribution in [3.63, 3.8) is 0 Å². The van der Waals surface area contributed by atoms with E-state index in [1.165, 1.54) is 26.4 Å². The van der Waals surface area contributed by atoms with Gasteiger partial charge in [-0.05, 0) is 18.2 Å². The minimum atomic E-state index is -4.46. The predicted molar refractivity (Wildman–Crippen MR) is 68.4 cm³/mol. The monoisotopic (exact) mass is 307 g/mol. The standard InChI is InChI=1S/C13H16F3NO4/c1-19-8-4-5-10(20-2)9(6-8)11(12(18)21-3)17-7-13(14,15)16/h4-6,11,17H,7H2,1-3H3. The van der Waals surface area contributed by atoms with Crippen LogP contribution in [0.3, 0.4) is 0 Å². The molecule has 0 fully saturated rings. The van der Waals surface area contributed by atoms with Gasteiger partial charge in [0.1, 0.15) is 17.5 Å². The van der Waals surface area contributed by atoms with Gasteiger partial charge in [0.25, 0.3) is 0 Å². The SMILES string of the molecule is COC(=O)C(NCC(F)(F)F)c1cc(OC)ccc1OC. The van der Waals surface area contributed by atoms with Gasteiger partial charge in [0.05, 0.1) is 27.9 Å². The summed E-state index contributed by atoms with van der Waals surface area (Å²) in [4.78, 5) is 11.7. The molecule has 0 aliphatic heterocycles. The highest BCUT2D eigenvalue weighted by molar-refractivity contribution is 5.78. The molecule has 0 saturated carbocycles. The van der Waals surface area contributed by atoms with Gasteiger partial charge in [-0.25, -0.2) is 4.79 Å². The molecule has 1 N–H and O–H groups in total. The van der Waals surface area contributed by atoms with Crippen molar-refractivity contribution in [2.24, 2.45) is 0 Å². The van der Waals surface area contributed by atoms with Gasteiger partial charge in [0.15, 0.2) is 0 Å². The lowest BCUT2D eigenvalue weighted by molar-refractivity contribution is -0.146. The van der Waals surface area contributed by atoms with Crippen LogP contribution in [0.15, 0.2) is 18.2 Å². The Bertz CT molecular complexity index is 491. The summed E-state index contributed by atoms with van der Waals surface area (Å²) in [6.45, 7) is -1.34. The Kier molecular flexibility index (Phi) is 5.83. The highest BCUT2D eigenvalue weighted by atomic mass is 19.4. The number of carbonyl (C=O) groups is 1. The van der Waals surface area contributed by atoms with Crippen LogP contribution in [0.25, 0.3) is 0 Å². The number of nitrogens with one attached hydrogen (secondary N) is 1. The van der Waals surface area contributed by atoms with Crippen LogP contribution in [0.4, 0.5) is 13.2 Å². The largest absolute Gasteiger partial charge is 0.497 e. The zero-order chi connectivity index (χ0) is 16.0. The summed E-state index contributed by atoms with van der Waals surface area (Å²) in [6, 6.07) is 3.17. The van der Waals surface area contributed by atoms with Crippen LogP contribution in [-0.2, 0) is 9.53 Å². The van der Waals surface area contributed by atoms with Crippen LogP contribution in [0, 0.1) is 0 Å². The summed E-state index contributed by atoms with van der Waals surface area (Å²) in [5, 5.41) is 2.12. The number of carbonyl (C=O) groups excluding carboxylic acids is 1. The van der Waals surface area contributed by atoms with E-state index >= 15 is 0 Å². The quantitative estimate of drug-likeness (QED) is 0.815. The number of rotatable bonds is 6. The minimum absolute atomic E-state index is 0.202. The average molecular weight is 307 g/mol. The molecule has 118 valence electrons. The predicted octanol–water partition coefficient (Wildman–Crippen LogP) is 2.07. The summed E-state index contributed by atoms with van der Waals surface area (Å²) < 4.78 is 51.7. The maximum atomic E-state index is 12.4. The molecule has 0 aromatic heterocycles. The molecule has 0 radical (unpaired) electrons. The van der Waals surface area contributed by atoms with Gasteiger partial charge in [0.2, 0.25) is 0 Å². The Morgan fingerprint density at radius 1 is 1.24 bits per heavy atom. The Morgan fingerprint density at radius 3 is 2.38 bits per heavy atom. The summed E-state index contributed by atoms with van der Waals surface area (Å²) in [7, 11) is 3.85. The topological polar surface area (TPSA) is 56.8 Å². The molecule has 0 bridgehead atoms. The molecule has 1 aromatic carbocycles. The third-order valence-corrected chi connectivity index (χ3v) is 2.69. The second-order valence-electron chi connectivity index (χ2n) is 4.06. The lowest BCUT2D eigenvalue weighted by atomic mass is 10.0. The molecule has 0 amide bonds. The normalized spacial score (nSPS) is 12.7. The number of hydrogen-bond donors (Lipinski definition) is 1. The summed E-state index contributed by atoms with van der Waals surface area (Å²) in [6.07, 6.45) is -4.46. The molecular formula is C13H16F3NO4. The van der Waals surface area contributed by atoms with Crippen molar-refractivity contribution in [3.8, 4) is 11.5 Å². The van der Waals surface area contributed by atoms with Crippen molar-refractivity contribution >= 4 is 5.97 Å². The first-order chi connectivity index (χ1) is 9.82. The van der Waals surface area contributed by atoms with E-state index in [0.717, 1.165) is 7.11 Å². The van der Waals surface area contributed by atoms with E-state index < -0.39 is 24.7 Å². The van der Waals surface area contributed by atoms with Gasteiger partial charge in [-0.15, -0.1) is 0 Å². The van der Waals surface area contributed by atoms with E-state index in [0.29, 0.717) is 5.75 Å². The maximum absolute atomic E-state index is 12.4. The highest BCUT2D eigenvalue weighted by Crippen LogP contribution is 2.30. The Labute approximate surface area is 120 Å². The third kappa shape index (κ3) is 4.82. The van der Waals surface area contributed by atoms with Gasteiger partial charge < -0.3 is 14.2 Å². The van der Waals surface area contributed by atoms with Gasteiger partial charge in [-0.1, -0.05) is 0 Å². The van der Waals surface area contributed by atoms with E-state index in [9.17, 15) is 18.0 Å². The number of benzene rings is 1.